The number of aliphatic imine (C=N–C) groups is 2. The summed E-state index contributed by atoms with van der Waals surface area (Å²) in [5, 5.41) is 3.80. The third-order valence-electron chi connectivity index (χ3n) is 4.31. The fraction of sp³-hybridized carbons (Fsp3) is 0.0870. The van der Waals surface area contributed by atoms with Crippen molar-refractivity contribution in [2.24, 2.45) is 9.98 Å². The van der Waals surface area contributed by atoms with Crippen molar-refractivity contribution < 1.29 is 4.79 Å². The third-order valence-corrected chi connectivity index (χ3v) is 5.81. The summed E-state index contributed by atoms with van der Waals surface area (Å²) in [5.74, 6) is 0.231. The topological polar surface area (TPSA) is 53.8 Å². The number of carbonyl (C=O) groups is 1. The number of hydrogen-bond acceptors (Lipinski definition) is 4. The lowest BCUT2D eigenvalue weighted by Gasteiger charge is -2.08. The van der Waals surface area contributed by atoms with E-state index in [0.717, 1.165) is 37.9 Å². The van der Waals surface area contributed by atoms with Crippen LogP contribution in [0.1, 0.15) is 12.0 Å². The van der Waals surface area contributed by atoms with Crippen molar-refractivity contribution in [3.8, 4) is 0 Å². The van der Waals surface area contributed by atoms with Crippen LogP contribution in [0, 0.1) is 0 Å². The van der Waals surface area contributed by atoms with Gasteiger partial charge in [0.25, 0.3) is 0 Å². The molecule has 1 aliphatic heterocycles. The zero-order valence-electron chi connectivity index (χ0n) is 15.5. The molecule has 0 radical (unpaired) electrons. The van der Waals surface area contributed by atoms with E-state index in [-0.39, 0.29) is 5.91 Å². The molecule has 3 aromatic rings. The van der Waals surface area contributed by atoms with Gasteiger partial charge in [-0.15, -0.1) is 11.8 Å². The molecule has 0 fully saturated rings. The largest absolute Gasteiger partial charge is 0.325 e. The third kappa shape index (κ3) is 5.22. The quantitative estimate of drug-likeness (QED) is 0.488. The number of hydrogen-bond donors (Lipinski definition) is 1. The molecule has 0 saturated carbocycles. The van der Waals surface area contributed by atoms with Crippen LogP contribution in [0.25, 0.3) is 0 Å². The van der Waals surface area contributed by atoms with Crippen molar-refractivity contribution in [3.63, 3.8) is 0 Å². The maximum absolute atomic E-state index is 12.4. The Bertz CT molecular complexity index is 1080. The maximum atomic E-state index is 12.4. The van der Waals surface area contributed by atoms with Crippen molar-refractivity contribution in [3.05, 3.63) is 88.9 Å². The molecule has 0 aromatic heterocycles. The number of anilines is 1. The first-order valence-corrected chi connectivity index (χ1v) is 10.9. The van der Waals surface area contributed by atoms with Gasteiger partial charge >= 0.3 is 0 Å². The SMILES string of the molecule is O=C(CSC1=Nc2ccccc2N=C(c2ccccc2)C1)Nc1ccc(Br)cc1. The van der Waals surface area contributed by atoms with E-state index >= 15 is 0 Å². The summed E-state index contributed by atoms with van der Waals surface area (Å²) in [4.78, 5) is 22.0. The molecule has 1 amide bonds. The fourth-order valence-corrected chi connectivity index (χ4v) is 3.95. The molecule has 1 N–H and O–H groups in total. The highest BCUT2D eigenvalue weighted by molar-refractivity contribution is 9.10. The van der Waals surface area contributed by atoms with E-state index in [1.807, 2.05) is 66.7 Å². The first-order valence-electron chi connectivity index (χ1n) is 9.15. The van der Waals surface area contributed by atoms with E-state index in [0.29, 0.717) is 12.2 Å². The molecule has 1 heterocycles. The van der Waals surface area contributed by atoms with Gasteiger partial charge in [0.05, 0.1) is 27.9 Å². The second-order valence-electron chi connectivity index (χ2n) is 6.44. The smallest absolute Gasteiger partial charge is 0.234 e. The Balaban J connectivity index is 1.51. The van der Waals surface area contributed by atoms with E-state index in [9.17, 15) is 4.79 Å². The van der Waals surface area contributed by atoms with E-state index < -0.39 is 0 Å². The first-order chi connectivity index (χ1) is 14.2. The van der Waals surface area contributed by atoms with Gasteiger partial charge in [0.1, 0.15) is 0 Å². The molecular weight excluding hydrogens is 446 g/mol. The molecule has 0 bridgehead atoms. The van der Waals surface area contributed by atoms with Crippen LogP contribution in [-0.4, -0.2) is 22.4 Å². The van der Waals surface area contributed by atoms with Crippen LogP contribution in [0.4, 0.5) is 17.1 Å². The van der Waals surface area contributed by atoms with Gasteiger partial charge in [0.2, 0.25) is 5.91 Å². The number of halogens is 1. The van der Waals surface area contributed by atoms with E-state index in [1.165, 1.54) is 11.8 Å². The van der Waals surface area contributed by atoms with Gasteiger partial charge < -0.3 is 5.32 Å². The molecule has 3 aromatic carbocycles. The Hall–Kier alpha value is -2.70. The minimum Gasteiger partial charge on any atom is -0.325 e. The fourth-order valence-electron chi connectivity index (χ4n) is 2.91. The predicted octanol–water partition coefficient (Wildman–Crippen LogP) is 6.38. The van der Waals surface area contributed by atoms with Crippen LogP contribution in [0.3, 0.4) is 0 Å². The highest BCUT2D eigenvalue weighted by Gasteiger charge is 2.16. The number of benzene rings is 3. The lowest BCUT2D eigenvalue weighted by atomic mass is 10.1. The lowest BCUT2D eigenvalue weighted by Crippen LogP contribution is -2.16. The van der Waals surface area contributed by atoms with Gasteiger partial charge in [-0.25, -0.2) is 4.99 Å². The van der Waals surface area contributed by atoms with E-state index in [2.05, 4.69) is 33.4 Å². The number of nitrogens with one attached hydrogen (secondary N) is 1. The normalized spacial score (nSPS) is 13.0. The zero-order valence-corrected chi connectivity index (χ0v) is 17.9. The molecule has 0 saturated heterocycles. The molecule has 29 heavy (non-hydrogen) atoms. The van der Waals surface area contributed by atoms with E-state index in [4.69, 9.17) is 9.98 Å². The van der Waals surface area contributed by atoms with Crippen LogP contribution in [0.2, 0.25) is 0 Å². The number of para-hydroxylation sites is 2. The molecular formula is C23H18BrN3OS. The number of nitrogens with zero attached hydrogens (tertiary/aromatic N) is 2. The summed E-state index contributed by atoms with van der Waals surface area (Å²) in [7, 11) is 0. The predicted molar refractivity (Wildman–Crippen MR) is 126 cm³/mol. The summed E-state index contributed by atoms with van der Waals surface area (Å²) in [5.41, 5.74) is 4.47. The minimum atomic E-state index is -0.0595. The van der Waals surface area contributed by atoms with Crippen molar-refractivity contribution in [1.29, 1.82) is 0 Å². The Morgan fingerprint density at radius 1 is 0.897 bits per heavy atom. The first kappa shape index (κ1) is 19.6. The second-order valence-corrected chi connectivity index (χ2v) is 8.40. The monoisotopic (exact) mass is 463 g/mol. The van der Waals surface area contributed by atoms with Crippen molar-refractivity contribution >= 4 is 61.4 Å². The molecule has 0 spiro atoms. The molecule has 0 aliphatic carbocycles. The number of rotatable bonds is 4. The molecule has 0 unspecified atom stereocenters. The van der Waals surface area contributed by atoms with Crippen molar-refractivity contribution in [1.82, 2.24) is 0 Å². The standard InChI is InChI=1S/C23H18BrN3OS/c24-17-10-12-18(13-11-17)25-22(28)15-29-23-14-21(16-6-2-1-3-7-16)26-19-8-4-5-9-20(19)27-23/h1-13H,14-15H2,(H,25,28). The van der Waals surface area contributed by atoms with Crippen LogP contribution < -0.4 is 5.32 Å². The lowest BCUT2D eigenvalue weighted by molar-refractivity contribution is -0.113. The van der Waals surface area contributed by atoms with Gasteiger partial charge in [-0.2, -0.15) is 0 Å². The molecule has 4 nitrogen and oxygen atoms in total. The van der Waals surface area contributed by atoms with Gasteiger partial charge in [0, 0.05) is 16.6 Å². The Kier molecular flexibility index (Phi) is 6.22. The van der Waals surface area contributed by atoms with Crippen molar-refractivity contribution in [2.75, 3.05) is 11.1 Å². The number of fused-ring (bicyclic) bond motifs is 1. The Morgan fingerprint density at radius 2 is 1.55 bits per heavy atom. The average molecular weight is 464 g/mol. The van der Waals surface area contributed by atoms with Crippen LogP contribution >= 0.6 is 27.7 Å². The average Bonchev–Trinajstić information content (AvgIpc) is 2.94. The molecule has 4 rings (SSSR count). The molecule has 6 heteroatoms. The summed E-state index contributed by atoms with van der Waals surface area (Å²) in [6.07, 6.45) is 0.592. The van der Waals surface area contributed by atoms with Gasteiger partial charge in [-0.1, -0.05) is 58.4 Å². The number of carbonyl (C=O) groups excluding carboxylic acids is 1. The minimum absolute atomic E-state index is 0.0595. The summed E-state index contributed by atoms with van der Waals surface area (Å²) < 4.78 is 0.976. The molecule has 0 atom stereocenters. The molecule has 1 aliphatic rings. The van der Waals surface area contributed by atoms with Crippen LogP contribution in [-0.2, 0) is 4.79 Å². The summed E-state index contributed by atoms with van der Waals surface area (Å²) in [6.45, 7) is 0. The summed E-state index contributed by atoms with van der Waals surface area (Å²) >= 11 is 4.85. The number of thioether (sulfide) groups is 1. The highest BCUT2D eigenvalue weighted by atomic mass is 79.9. The molecule has 144 valence electrons. The van der Waals surface area contributed by atoms with Crippen molar-refractivity contribution in [2.45, 2.75) is 6.42 Å². The maximum Gasteiger partial charge on any atom is 0.234 e. The Labute approximate surface area is 182 Å². The second kappa shape index (κ2) is 9.20. The van der Waals surface area contributed by atoms with Gasteiger partial charge in [-0.3, -0.25) is 9.79 Å². The van der Waals surface area contributed by atoms with Gasteiger partial charge in [0.15, 0.2) is 0 Å². The highest BCUT2D eigenvalue weighted by Crippen LogP contribution is 2.33. The number of amides is 1. The van der Waals surface area contributed by atoms with Crippen LogP contribution in [0.15, 0.2) is 93.3 Å². The zero-order chi connectivity index (χ0) is 20.1. The van der Waals surface area contributed by atoms with E-state index in [1.54, 1.807) is 0 Å². The van der Waals surface area contributed by atoms with Gasteiger partial charge in [-0.05, 0) is 42.0 Å². The summed E-state index contributed by atoms with van der Waals surface area (Å²) in [6, 6.07) is 25.5. The van der Waals surface area contributed by atoms with Crippen LogP contribution in [0.5, 0.6) is 0 Å². The Morgan fingerprint density at radius 3 is 2.28 bits per heavy atom.